The smallest absolute Gasteiger partial charge is 0.377 e. The van der Waals surface area contributed by atoms with E-state index in [9.17, 15) is 60.9 Å². The van der Waals surface area contributed by atoms with Crippen molar-refractivity contribution in [2.45, 2.75) is 52.4 Å². The monoisotopic (exact) mass is 1250 g/mol. The number of benzene rings is 4. The maximum Gasteiger partial charge on any atom is 0.416 e. The number of nitrogens with zero attached hydrogens (tertiary/aromatic N) is 4. The van der Waals surface area contributed by atoms with E-state index >= 15 is 0 Å². The number of hydrogen-bond donors (Lipinski definition) is 6. The first-order valence-electron chi connectivity index (χ1n) is 27.5. The van der Waals surface area contributed by atoms with Crippen LogP contribution in [0, 0.1) is 36.5 Å². The summed E-state index contributed by atoms with van der Waals surface area (Å²) in [7, 11) is -3.82. The van der Waals surface area contributed by atoms with Crippen molar-refractivity contribution in [3.8, 4) is 23.5 Å². The van der Waals surface area contributed by atoms with Crippen molar-refractivity contribution in [3.63, 3.8) is 0 Å². The molecule has 4 aromatic carbocycles. The Bertz CT molecular complexity index is 3700. The Balaban J connectivity index is 0.782. The summed E-state index contributed by atoms with van der Waals surface area (Å²) in [5.41, 5.74) is -1.18. The van der Waals surface area contributed by atoms with E-state index in [1.807, 2.05) is 18.2 Å². The summed E-state index contributed by atoms with van der Waals surface area (Å²) in [6, 6.07) is 28.6. The number of hydrogen-bond acceptors (Lipinski definition) is 14. The number of amides is 6. The van der Waals surface area contributed by atoms with Crippen molar-refractivity contribution in [3.05, 3.63) is 181 Å². The van der Waals surface area contributed by atoms with Gasteiger partial charge in [-0.25, -0.2) is 18.0 Å². The minimum atomic E-state index is -4.73. The van der Waals surface area contributed by atoms with Gasteiger partial charge in [-0.3, -0.25) is 28.3 Å². The highest BCUT2D eigenvalue weighted by atomic mass is 32.2. The summed E-state index contributed by atoms with van der Waals surface area (Å²) in [5.74, 6) is -1.56. The standard InChI is InChI=1S/C61H65F3N10O12S2/c1-4-43-9-7-11-47(35-43)73-41(2)53(87(81)49-17-13-44(39-65)14-18-49)37-51(57(73)77)55(75)67-23-27-83-31-33-85-29-25-71-59(79)69-21-5-6-22-70-60(80)72-26-30-86-34-32-84-28-24-68-56(76)52-38-54(88(82)50-19-15-45(40-66)16-20-50)42(3)74(58(52)78)48-12-8-10-46(36-48)61(62,63)64/h4,7-20,35-38H,1,5-6,21-34H2,2-3H3,(H,67,75)(H,68,76)(H2,69,71,79)(H2,70,72,80). The molecular formula is C61H65F3N10O12S2. The molecule has 6 amide bonds. The molecule has 0 aliphatic carbocycles. The van der Waals surface area contributed by atoms with E-state index in [1.54, 1.807) is 55.5 Å². The Morgan fingerprint density at radius 3 is 1.30 bits per heavy atom. The van der Waals surface area contributed by atoms with Crippen LogP contribution in [0.15, 0.2) is 145 Å². The molecule has 6 aromatic rings. The highest BCUT2D eigenvalue weighted by Gasteiger charge is 2.31. The molecule has 0 saturated heterocycles. The van der Waals surface area contributed by atoms with Crippen molar-refractivity contribution < 1.29 is 59.7 Å². The first kappa shape index (κ1) is 68.0. The van der Waals surface area contributed by atoms with E-state index in [2.05, 4.69) is 38.5 Å². The topological polar surface area (TPSA) is 303 Å². The number of carbonyl (C=O) groups is 4. The largest absolute Gasteiger partial charge is 0.416 e. The molecule has 88 heavy (non-hydrogen) atoms. The van der Waals surface area contributed by atoms with Crippen LogP contribution in [-0.4, -0.2) is 134 Å². The third kappa shape index (κ3) is 19.7. The Kier molecular flexibility index (Phi) is 26.5. The number of ether oxygens (including phenoxy) is 4. The maximum absolute atomic E-state index is 13.8. The molecule has 0 spiro atoms. The number of rotatable bonds is 32. The van der Waals surface area contributed by atoms with Crippen LogP contribution in [0.5, 0.6) is 0 Å². The molecule has 0 fully saturated rings. The number of alkyl halides is 3. The molecule has 0 aliphatic heterocycles. The third-order valence-corrected chi connectivity index (χ3v) is 16.0. The van der Waals surface area contributed by atoms with E-state index < -0.39 is 73.9 Å². The van der Waals surface area contributed by atoms with Gasteiger partial charge in [-0.1, -0.05) is 30.9 Å². The van der Waals surface area contributed by atoms with Gasteiger partial charge in [-0.15, -0.1) is 0 Å². The van der Waals surface area contributed by atoms with Gasteiger partial charge in [-0.05, 0) is 123 Å². The number of aromatic nitrogens is 2. The first-order valence-corrected chi connectivity index (χ1v) is 29.8. The average molecular weight is 1250 g/mol. The fourth-order valence-corrected chi connectivity index (χ4v) is 10.9. The molecule has 2 heterocycles. The molecule has 0 bridgehead atoms. The van der Waals surface area contributed by atoms with E-state index in [-0.39, 0.29) is 111 Å². The second-order valence-corrected chi connectivity index (χ2v) is 21.9. The Morgan fingerprint density at radius 2 is 0.909 bits per heavy atom. The minimum absolute atomic E-state index is 0.00572. The van der Waals surface area contributed by atoms with Crippen LogP contribution in [0.4, 0.5) is 22.8 Å². The molecule has 27 heteroatoms. The molecule has 0 radical (unpaired) electrons. The second kappa shape index (κ2) is 34.3. The van der Waals surface area contributed by atoms with Crippen LogP contribution in [-0.2, 0) is 46.7 Å². The lowest BCUT2D eigenvalue weighted by molar-refractivity contribution is -0.137. The molecule has 0 saturated carbocycles. The number of nitrogens with one attached hydrogen (secondary N) is 6. The number of urea groups is 2. The van der Waals surface area contributed by atoms with Gasteiger partial charge in [0.05, 0.1) is 113 Å². The van der Waals surface area contributed by atoms with Crippen LogP contribution < -0.4 is 43.0 Å². The van der Waals surface area contributed by atoms with Crippen molar-refractivity contribution in [1.29, 1.82) is 10.5 Å². The Labute approximate surface area is 509 Å². The number of carbonyl (C=O) groups excluding carboxylic acids is 4. The zero-order chi connectivity index (χ0) is 63.6. The fraction of sp³-hybridized carbons (Fsp3) is 0.311. The van der Waals surface area contributed by atoms with Gasteiger partial charge in [0.2, 0.25) is 0 Å². The third-order valence-electron chi connectivity index (χ3n) is 12.9. The lowest BCUT2D eigenvalue weighted by Gasteiger charge is -2.18. The van der Waals surface area contributed by atoms with Crippen molar-refractivity contribution in [1.82, 2.24) is 41.0 Å². The average Bonchev–Trinajstić information content (AvgIpc) is 2.12. The summed E-state index contributed by atoms with van der Waals surface area (Å²) >= 11 is 0. The zero-order valence-electron chi connectivity index (χ0n) is 48.1. The summed E-state index contributed by atoms with van der Waals surface area (Å²) in [6.07, 6.45) is -1.94. The van der Waals surface area contributed by atoms with Crippen LogP contribution in [0.25, 0.3) is 17.5 Å². The molecule has 464 valence electrons. The van der Waals surface area contributed by atoms with Gasteiger partial charge in [-0.2, -0.15) is 23.7 Å². The van der Waals surface area contributed by atoms with Gasteiger partial charge in [0, 0.05) is 71.8 Å². The molecule has 2 aromatic heterocycles. The molecule has 6 rings (SSSR count). The normalized spacial score (nSPS) is 11.8. The van der Waals surface area contributed by atoms with Crippen molar-refractivity contribution >= 4 is 51.6 Å². The first-order chi connectivity index (χ1) is 42.4. The van der Waals surface area contributed by atoms with Crippen LogP contribution in [0.3, 0.4) is 0 Å². The van der Waals surface area contributed by atoms with Gasteiger partial charge in [0.25, 0.3) is 22.9 Å². The number of pyridine rings is 2. The molecule has 2 atom stereocenters. The lowest BCUT2D eigenvalue weighted by Crippen LogP contribution is -2.39. The van der Waals surface area contributed by atoms with Gasteiger partial charge in [0.15, 0.2) is 0 Å². The van der Waals surface area contributed by atoms with Crippen molar-refractivity contribution in [2.24, 2.45) is 0 Å². The van der Waals surface area contributed by atoms with Gasteiger partial charge >= 0.3 is 18.2 Å². The number of nitriles is 2. The summed E-state index contributed by atoms with van der Waals surface area (Å²) in [5, 5.41) is 34.4. The Hall–Kier alpha value is -9.09. The summed E-state index contributed by atoms with van der Waals surface area (Å²) < 4.78 is 92.9. The van der Waals surface area contributed by atoms with E-state index in [4.69, 9.17) is 18.9 Å². The quantitative estimate of drug-likeness (QED) is 0.0266. The second-order valence-electron chi connectivity index (χ2n) is 19.0. The number of unbranched alkanes of at least 4 members (excludes halogenated alkanes) is 1. The predicted molar refractivity (Wildman–Crippen MR) is 320 cm³/mol. The highest BCUT2D eigenvalue weighted by molar-refractivity contribution is 7.85. The zero-order valence-corrected chi connectivity index (χ0v) is 49.8. The van der Waals surface area contributed by atoms with E-state index in [0.29, 0.717) is 53.3 Å². The van der Waals surface area contributed by atoms with Crippen LogP contribution in [0.2, 0.25) is 0 Å². The van der Waals surface area contributed by atoms with Gasteiger partial charge < -0.3 is 50.8 Å². The lowest BCUT2D eigenvalue weighted by atomic mass is 10.1. The molecule has 6 N–H and O–H groups in total. The van der Waals surface area contributed by atoms with Crippen LogP contribution >= 0.6 is 0 Å². The molecule has 2 unspecified atom stereocenters. The van der Waals surface area contributed by atoms with E-state index in [1.165, 1.54) is 47.9 Å². The predicted octanol–water partition coefficient (Wildman–Crippen LogP) is 5.95. The Morgan fingerprint density at radius 1 is 0.534 bits per heavy atom. The molecule has 0 aliphatic rings. The summed E-state index contributed by atoms with van der Waals surface area (Å²) in [6.45, 7) is 9.07. The van der Waals surface area contributed by atoms with Crippen LogP contribution in [0.1, 0.15) is 67.2 Å². The molecular weight excluding hydrogens is 1190 g/mol. The minimum Gasteiger partial charge on any atom is -0.377 e. The maximum atomic E-state index is 13.8. The highest BCUT2D eigenvalue weighted by Crippen LogP contribution is 2.31. The molecule has 22 nitrogen and oxygen atoms in total. The summed E-state index contributed by atoms with van der Waals surface area (Å²) in [4.78, 5) is 79.6. The van der Waals surface area contributed by atoms with E-state index in [0.717, 1.165) is 34.4 Å². The number of halogens is 3. The SMILES string of the molecule is C=Cc1cccc(-n2c(C)c(S(=O)c3ccc(C#N)cc3)cc(C(=O)NCCOCCOCCNC(=O)NCCCCNC(=O)NCCOCCOCCNC(=O)c3cc(S(=O)c4ccc(C#N)cc4)c(C)n(-c4cccc(C(F)(F)F)c4)c3=O)c2=O)c1. The van der Waals surface area contributed by atoms with Crippen molar-refractivity contribution in [2.75, 3.05) is 92.1 Å². The fourth-order valence-electron chi connectivity index (χ4n) is 8.42. The van der Waals surface area contributed by atoms with Gasteiger partial charge in [0.1, 0.15) is 11.1 Å².